The summed E-state index contributed by atoms with van der Waals surface area (Å²) in [6, 6.07) is 40.8. The van der Waals surface area contributed by atoms with Gasteiger partial charge in [0.1, 0.15) is 0 Å². The summed E-state index contributed by atoms with van der Waals surface area (Å²) in [5, 5.41) is -0.311. The van der Waals surface area contributed by atoms with E-state index >= 15 is 0 Å². The summed E-state index contributed by atoms with van der Waals surface area (Å²) in [7, 11) is -1.55. The fourth-order valence-corrected chi connectivity index (χ4v) is 4.21. The highest BCUT2D eigenvalue weighted by atomic mass is 35.7. The molecule has 0 aromatic heterocycles. The average Bonchev–Trinajstić information content (AvgIpc) is 2.79. The summed E-state index contributed by atoms with van der Waals surface area (Å²) in [5.41, 5.74) is 6.31. The molecule has 0 spiro atoms. The van der Waals surface area contributed by atoms with Crippen LogP contribution >= 0.6 is 9.24 Å². The smallest absolute Gasteiger partial charge is 0.0777 e. The third-order valence-electron chi connectivity index (χ3n) is 4.89. The highest BCUT2D eigenvalue weighted by Gasteiger charge is 2.33. The Labute approximate surface area is 186 Å². The summed E-state index contributed by atoms with van der Waals surface area (Å²) in [4.78, 5) is 0. The van der Waals surface area contributed by atoms with E-state index in [4.69, 9.17) is 18.6 Å². The molecule has 4 aromatic rings. The molecule has 4 aromatic carbocycles. The Morgan fingerprint density at radius 3 is 1.39 bits per heavy atom. The lowest BCUT2D eigenvalue weighted by atomic mass is 9.80. The first-order valence-electron chi connectivity index (χ1n) is 9.48. The third kappa shape index (κ3) is 5.99. The molecular formula is C25H22ClO4P. The Balaban J connectivity index is 0.000000491. The summed E-state index contributed by atoms with van der Waals surface area (Å²) in [6.45, 7) is 0. The molecule has 1 unspecified atom stereocenters. The Bertz CT molecular complexity index is 1040. The van der Waals surface area contributed by atoms with E-state index in [9.17, 15) is 0 Å². The van der Waals surface area contributed by atoms with Crippen molar-refractivity contribution in [2.75, 3.05) is 0 Å². The minimum Gasteiger partial charge on any atom is -0.183 e. The van der Waals surface area contributed by atoms with Crippen molar-refractivity contribution < 1.29 is 28.9 Å². The minimum absolute atomic E-state index is 0.311. The minimum atomic E-state index is -4.69. The molecule has 0 heterocycles. The molecule has 0 saturated heterocycles. The lowest BCUT2D eigenvalue weighted by Crippen LogP contribution is -2.58. The van der Waals surface area contributed by atoms with Gasteiger partial charge in [-0.1, -0.05) is 115 Å². The second-order valence-corrected chi connectivity index (χ2v) is 8.51. The van der Waals surface area contributed by atoms with Gasteiger partial charge in [-0.15, -0.1) is 9.24 Å². The summed E-state index contributed by atoms with van der Waals surface area (Å²) < 4.78 is 32.7. The second-order valence-electron chi connectivity index (χ2n) is 6.85. The van der Waals surface area contributed by atoms with Crippen molar-refractivity contribution in [3.63, 3.8) is 0 Å². The van der Waals surface area contributed by atoms with Gasteiger partial charge in [0.25, 0.3) is 0 Å². The monoisotopic (exact) mass is 452 g/mol. The Kier molecular flexibility index (Phi) is 7.58. The van der Waals surface area contributed by atoms with Gasteiger partial charge >= 0.3 is 0 Å². The SMILES string of the molecule is PC(c1ccccc1)(c1ccccc1)c1ccccc1-c1ccccc1.[O-][Cl+3]([O-])([O-])O. The molecule has 6 heteroatoms. The Morgan fingerprint density at radius 2 is 0.935 bits per heavy atom. The van der Waals surface area contributed by atoms with Gasteiger partial charge in [0.15, 0.2) is 0 Å². The molecule has 0 aliphatic carbocycles. The van der Waals surface area contributed by atoms with Gasteiger partial charge in [0.2, 0.25) is 0 Å². The molecule has 0 amide bonds. The molecule has 4 rings (SSSR count). The second kappa shape index (κ2) is 10.2. The fourth-order valence-electron chi connectivity index (χ4n) is 3.58. The van der Waals surface area contributed by atoms with Crippen molar-refractivity contribution in [2.45, 2.75) is 5.16 Å². The molecule has 4 nitrogen and oxygen atoms in total. The van der Waals surface area contributed by atoms with Crippen LogP contribution < -0.4 is 14.0 Å². The zero-order chi connectivity index (χ0) is 22.3. The van der Waals surface area contributed by atoms with E-state index in [0.29, 0.717) is 0 Å². The van der Waals surface area contributed by atoms with Crippen molar-refractivity contribution in [1.29, 1.82) is 0 Å². The fraction of sp³-hybridized carbons (Fsp3) is 0.0400. The molecule has 158 valence electrons. The average molecular weight is 453 g/mol. The third-order valence-corrected chi connectivity index (χ3v) is 5.87. The van der Waals surface area contributed by atoms with Crippen molar-refractivity contribution in [3.8, 4) is 11.1 Å². The number of benzene rings is 4. The van der Waals surface area contributed by atoms with E-state index < -0.39 is 10.2 Å². The van der Waals surface area contributed by atoms with Gasteiger partial charge in [-0.05, 0) is 27.8 Å². The predicted molar refractivity (Wildman–Crippen MR) is 117 cm³/mol. The van der Waals surface area contributed by atoms with Gasteiger partial charge in [-0.25, -0.2) is 0 Å². The van der Waals surface area contributed by atoms with Gasteiger partial charge in [-0.3, -0.25) is 0 Å². The van der Waals surface area contributed by atoms with Crippen LogP contribution in [0.5, 0.6) is 0 Å². The van der Waals surface area contributed by atoms with Crippen LogP contribution in [0.3, 0.4) is 0 Å². The van der Waals surface area contributed by atoms with Crippen molar-refractivity contribution >= 4 is 9.24 Å². The predicted octanol–water partition coefficient (Wildman–Crippen LogP) is 2.40. The van der Waals surface area contributed by atoms with E-state index in [2.05, 4.69) is 125 Å². The largest absolute Gasteiger partial charge is 0.183 e. The first-order chi connectivity index (χ1) is 14.8. The number of hydrogen-bond donors (Lipinski definition) is 1. The zero-order valence-corrected chi connectivity index (χ0v) is 18.5. The van der Waals surface area contributed by atoms with Crippen LogP contribution in [0.1, 0.15) is 16.7 Å². The molecule has 0 bridgehead atoms. The van der Waals surface area contributed by atoms with Crippen LogP contribution in [-0.2, 0) is 5.16 Å². The van der Waals surface area contributed by atoms with E-state index in [1.807, 2.05) is 0 Å². The lowest BCUT2D eigenvalue weighted by molar-refractivity contribution is -1.92. The number of halogens is 1. The van der Waals surface area contributed by atoms with Crippen molar-refractivity contribution in [3.05, 3.63) is 132 Å². The van der Waals surface area contributed by atoms with Gasteiger partial charge in [0, 0.05) is 0 Å². The molecule has 0 fully saturated rings. The molecule has 0 aliphatic rings. The van der Waals surface area contributed by atoms with Gasteiger partial charge in [0.05, 0.1) is 20.1 Å². The van der Waals surface area contributed by atoms with Gasteiger partial charge < -0.3 is 0 Å². The van der Waals surface area contributed by atoms with E-state index in [-0.39, 0.29) is 5.16 Å². The molecule has 31 heavy (non-hydrogen) atoms. The number of hydrogen-bond acceptors (Lipinski definition) is 4. The Morgan fingerprint density at radius 1 is 0.581 bits per heavy atom. The maximum Gasteiger partial charge on any atom is 0.0777 e. The van der Waals surface area contributed by atoms with Gasteiger partial charge in [-0.2, -0.15) is 14.0 Å². The zero-order valence-electron chi connectivity index (χ0n) is 16.6. The van der Waals surface area contributed by atoms with E-state index in [1.54, 1.807) is 0 Å². The topological polar surface area (TPSA) is 89.4 Å². The highest BCUT2D eigenvalue weighted by Crippen LogP contribution is 2.48. The maximum atomic E-state index is 8.60. The summed E-state index contributed by atoms with van der Waals surface area (Å²) in [5.74, 6) is 0. The summed E-state index contributed by atoms with van der Waals surface area (Å²) >= 11 is 0. The Hall–Kier alpha value is -2.56. The van der Waals surface area contributed by atoms with Crippen LogP contribution in [0.4, 0.5) is 0 Å². The lowest BCUT2D eigenvalue weighted by Gasteiger charge is -2.33. The normalized spacial score (nSPS) is 11.4. The molecule has 0 aliphatic heterocycles. The molecule has 1 atom stereocenters. The van der Waals surface area contributed by atoms with E-state index in [0.717, 1.165) is 0 Å². The quantitative estimate of drug-likeness (QED) is 0.380. The van der Waals surface area contributed by atoms with Crippen molar-refractivity contribution in [2.24, 2.45) is 0 Å². The van der Waals surface area contributed by atoms with Crippen LogP contribution in [0.25, 0.3) is 11.1 Å². The van der Waals surface area contributed by atoms with Crippen LogP contribution in [0.2, 0.25) is 0 Å². The first kappa shape index (κ1) is 23.1. The molecule has 0 saturated carbocycles. The standard InChI is InChI=1S/C25H21P.ClHO4/c26-25(21-14-6-2-7-15-21,22-16-8-3-9-17-22)24-19-11-10-18-23(24)20-12-4-1-5-13-20;2-1(3,4)5/h1-19H,26H2;(H,2,3,4,5). The molecule has 0 radical (unpaired) electrons. The van der Waals surface area contributed by atoms with Crippen LogP contribution in [0, 0.1) is 10.2 Å². The summed E-state index contributed by atoms with van der Waals surface area (Å²) in [6.07, 6.45) is 0. The van der Waals surface area contributed by atoms with E-state index in [1.165, 1.54) is 27.8 Å². The number of rotatable bonds is 4. The van der Waals surface area contributed by atoms with Crippen LogP contribution in [-0.4, -0.2) is 4.66 Å². The molecular weight excluding hydrogens is 431 g/mol. The highest BCUT2D eigenvalue weighted by molar-refractivity contribution is 7.19. The maximum absolute atomic E-state index is 8.60. The van der Waals surface area contributed by atoms with Crippen molar-refractivity contribution in [1.82, 2.24) is 0 Å². The first-order valence-corrected chi connectivity index (χ1v) is 11.3. The molecule has 1 N–H and O–H groups in total. The van der Waals surface area contributed by atoms with Crippen LogP contribution in [0.15, 0.2) is 115 Å².